The van der Waals surface area contributed by atoms with Crippen molar-refractivity contribution in [1.29, 1.82) is 0 Å². The van der Waals surface area contributed by atoms with Crippen molar-refractivity contribution >= 4 is 40.8 Å². The van der Waals surface area contributed by atoms with Gasteiger partial charge in [-0.1, -0.05) is 17.8 Å². The summed E-state index contributed by atoms with van der Waals surface area (Å²) in [6.45, 7) is 0.975. The van der Waals surface area contributed by atoms with E-state index in [1.807, 2.05) is 0 Å². The Morgan fingerprint density at radius 3 is 1.96 bits per heavy atom. The molecular formula is C15H16O9S. The zero-order valence-corrected chi connectivity index (χ0v) is 14.0. The van der Waals surface area contributed by atoms with Crippen molar-refractivity contribution < 1.29 is 43.3 Å². The highest BCUT2D eigenvalue weighted by molar-refractivity contribution is 8.14. The Kier molecular flexibility index (Phi) is 12.0. The van der Waals surface area contributed by atoms with E-state index in [0.29, 0.717) is 12.2 Å². The van der Waals surface area contributed by atoms with E-state index in [9.17, 15) is 24.0 Å². The van der Waals surface area contributed by atoms with Crippen LogP contribution < -0.4 is 0 Å². The number of thioether (sulfide) groups is 1. The number of allylic oxidation sites excluding steroid dienone is 1. The van der Waals surface area contributed by atoms with Gasteiger partial charge in [0.1, 0.15) is 6.61 Å². The van der Waals surface area contributed by atoms with Gasteiger partial charge in [-0.3, -0.25) is 4.79 Å². The van der Waals surface area contributed by atoms with Gasteiger partial charge < -0.3 is 19.3 Å². The zero-order valence-electron chi connectivity index (χ0n) is 13.2. The van der Waals surface area contributed by atoms with Crippen LogP contribution in [-0.4, -0.2) is 53.3 Å². The molecular weight excluding hydrogens is 356 g/mol. The van der Waals surface area contributed by atoms with E-state index in [4.69, 9.17) is 9.84 Å². The lowest BCUT2D eigenvalue weighted by atomic mass is 10.5. The molecule has 9 nitrogen and oxygen atoms in total. The maximum atomic E-state index is 11.4. The average molecular weight is 372 g/mol. The van der Waals surface area contributed by atoms with E-state index in [-0.39, 0.29) is 12.4 Å². The lowest BCUT2D eigenvalue weighted by Gasteiger charge is -2.01. The van der Waals surface area contributed by atoms with E-state index < -0.39 is 35.8 Å². The third kappa shape index (κ3) is 14.4. The van der Waals surface area contributed by atoms with Crippen molar-refractivity contribution in [3.63, 3.8) is 0 Å². The number of carboxylic acids is 1. The summed E-state index contributed by atoms with van der Waals surface area (Å²) in [6.07, 6.45) is 5.77. The summed E-state index contributed by atoms with van der Waals surface area (Å²) in [5.74, 6) is -3.55. The van der Waals surface area contributed by atoms with Crippen molar-refractivity contribution in [3.05, 3.63) is 36.5 Å². The molecule has 0 aromatic rings. The summed E-state index contributed by atoms with van der Waals surface area (Å²) in [5, 5.41) is 7.82. The molecule has 0 amide bonds. The minimum absolute atomic E-state index is 0.0394. The fourth-order valence-electron chi connectivity index (χ4n) is 1.03. The minimum atomic E-state index is -1.33. The molecule has 0 rings (SSSR count). The number of carboxylic acid groups (broad SMARTS) is 1. The molecule has 0 aromatic heterocycles. The van der Waals surface area contributed by atoms with Crippen LogP contribution >= 0.6 is 11.8 Å². The predicted octanol–water partition coefficient (Wildman–Crippen LogP) is 0.606. The highest BCUT2D eigenvalue weighted by Gasteiger charge is 2.04. The first-order valence-corrected chi connectivity index (χ1v) is 7.72. The molecule has 0 atom stereocenters. The number of aliphatic carboxylic acids is 1. The highest BCUT2D eigenvalue weighted by atomic mass is 32.2. The first-order chi connectivity index (χ1) is 11.8. The maximum absolute atomic E-state index is 11.4. The van der Waals surface area contributed by atoms with Gasteiger partial charge >= 0.3 is 23.9 Å². The fourth-order valence-corrected chi connectivity index (χ4v) is 1.57. The van der Waals surface area contributed by atoms with Crippen molar-refractivity contribution in [2.24, 2.45) is 0 Å². The lowest BCUT2D eigenvalue weighted by Crippen LogP contribution is -2.10. The van der Waals surface area contributed by atoms with Gasteiger partial charge in [0.15, 0.2) is 0 Å². The van der Waals surface area contributed by atoms with Gasteiger partial charge in [-0.15, -0.1) is 0 Å². The quantitative estimate of drug-likeness (QED) is 0.251. The van der Waals surface area contributed by atoms with E-state index in [1.54, 1.807) is 6.92 Å². The van der Waals surface area contributed by atoms with Crippen molar-refractivity contribution in [3.8, 4) is 0 Å². The topological polar surface area (TPSA) is 133 Å². The Bertz CT molecular complexity index is 590. The van der Waals surface area contributed by atoms with Crippen LogP contribution in [0, 0.1) is 0 Å². The van der Waals surface area contributed by atoms with Crippen LogP contribution in [0.25, 0.3) is 0 Å². The standard InChI is InChI=1S/C15H16O9S/c1-2-3-12(18)22-8-9-25-15(21)7-6-14(20)24-10-23-13(19)5-4-11(16)17/h2-7H,8-10H2,1H3,(H,16,17). The number of ether oxygens (including phenoxy) is 3. The Balaban J connectivity index is 3.90. The molecule has 0 heterocycles. The molecule has 0 aliphatic heterocycles. The second-order valence-corrected chi connectivity index (χ2v) is 4.98. The van der Waals surface area contributed by atoms with Crippen LogP contribution in [0.3, 0.4) is 0 Å². The summed E-state index contributed by atoms with van der Waals surface area (Å²) in [5.41, 5.74) is 0. The van der Waals surface area contributed by atoms with Gasteiger partial charge in [0.05, 0.1) is 0 Å². The number of esters is 3. The summed E-state index contributed by atoms with van der Waals surface area (Å²) < 4.78 is 13.6. The average Bonchev–Trinajstić information content (AvgIpc) is 2.55. The molecule has 0 spiro atoms. The van der Waals surface area contributed by atoms with Gasteiger partial charge in [0.2, 0.25) is 11.9 Å². The van der Waals surface area contributed by atoms with Gasteiger partial charge in [0, 0.05) is 30.1 Å². The lowest BCUT2D eigenvalue weighted by molar-refractivity contribution is -0.160. The van der Waals surface area contributed by atoms with E-state index in [0.717, 1.165) is 23.9 Å². The van der Waals surface area contributed by atoms with E-state index in [1.165, 1.54) is 12.2 Å². The van der Waals surface area contributed by atoms with Gasteiger partial charge in [-0.25, -0.2) is 19.2 Å². The van der Waals surface area contributed by atoms with Crippen LogP contribution in [0.4, 0.5) is 0 Å². The van der Waals surface area contributed by atoms with Crippen molar-refractivity contribution in [2.45, 2.75) is 6.92 Å². The highest BCUT2D eigenvalue weighted by Crippen LogP contribution is 2.03. The largest absolute Gasteiger partial charge is 0.478 e. The normalized spacial score (nSPS) is 10.9. The first kappa shape index (κ1) is 22.1. The molecule has 0 aliphatic carbocycles. The molecule has 0 saturated carbocycles. The van der Waals surface area contributed by atoms with Crippen LogP contribution in [-0.2, 0) is 38.2 Å². The molecule has 0 saturated heterocycles. The molecule has 10 heteroatoms. The summed E-state index contributed by atoms with van der Waals surface area (Å²) in [6, 6.07) is 0. The monoisotopic (exact) mass is 372 g/mol. The number of carbonyl (C=O) groups is 5. The van der Waals surface area contributed by atoms with Crippen LogP contribution in [0.5, 0.6) is 0 Å². The Labute approximate surface area is 147 Å². The van der Waals surface area contributed by atoms with Gasteiger partial charge in [-0.2, -0.15) is 0 Å². The number of carbonyl (C=O) groups excluding carboxylic acids is 4. The van der Waals surface area contributed by atoms with Gasteiger partial charge in [-0.05, 0) is 13.0 Å². The molecule has 0 unspecified atom stereocenters. The minimum Gasteiger partial charge on any atom is -0.478 e. The zero-order chi connectivity index (χ0) is 19.1. The van der Waals surface area contributed by atoms with Gasteiger partial charge in [0.25, 0.3) is 0 Å². The third-order valence-corrected chi connectivity index (χ3v) is 2.79. The fraction of sp³-hybridized carbons (Fsp3) is 0.267. The number of rotatable bonds is 10. The van der Waals surface area contributed by atoms with E-state index >= 15 is 0 Å². The van der Waals surface area contributed by atoms with Crippen LogP contribution in [0.1, 0.15) is 6.92 Å². The molecule has 136 valence electrons. The van der Waals surface area contributed by atoms with Crippen LogP contribution in [0.2, 0.25) is 0 Å². The third-order valence-electron chi connectivity index (χ3n) is 1.99. The second-order valence-electron chi connectivity index (χ2n) is 3.88. The number of hydrogen-bond donors (Lipinski definition) is 1. The summed E-state index contributed by atoms with van der Waals surface area (Å²) in [7, 11) is 0. The summed E-state index contributed by atoms with van der Waals surface area (Å²) in [4.78, 5) is 54.7. The SMILES string of the molecule is CC=CC(=O)OCCSC(=O)C=CC(=O)OCOC(=O)C=CC(=O)O. The van der Waals surface area contributed by atoms with E-state index in [2.05, 4.69) is 9.47 Å². The number of hydrogen-bond acceptors (Lipinski definition) is 9. The molecule has 0 fully saturated rings. The molecule has 0 bridgehead atoms. The van der Waals surface area contributed by atoms with Crippen LogP contribution in [0.15, 0.2) is 36.5 Å². The molecule has 0 radical (unpaired) electrons. The van der Waals surface area contributed by atoms with Crippen molar-refractivity contribution in [2.75, 3.05) is 19.2 Å². The second kappa shape index (κ2) is 13.5. The Morgan fingerprint density at radius 1 is 0.840 bits per heavy atom. The molecule has 25 heavy (non-hydrogen) atoms. The molecule has 0 aliphatic rings. The molecule has 1 N–H and O–H groups in total. The first-order valence-electron chi connectivity index (χ1n) is 6.74. The predicted molar refractivity (Wildman–Crippen MR) is 86.2 cm³/mol. The molecule has 0 aromatic carbocycles. The Morgan fingerprint density at radius 2 is 1.40 bits per heavy atom. The maximum Gasteiger partial charge on any atom is 0.333 e. The van der Waals surface area contributed by atoms with Crippen molar-refractivity contribution in [1.82, 2.24) is 0 Å². The summed E-state index contributed by atoms with van der Waals surface area (Å²) >= 11 is 0.832. The Hall–Kier alpha value is -2.88. The smallest absolute Gasteiger partial charge is 0.333 e.